The molecule has 0 aromatic carbocycles. The lowest BCUT2D eigenvalue weighted by Gasteiger charge is -2.33. The van der Waals surface area contributed by atoms with Gasteiger partial charge in [0, 0.05) is 19.1 Å². The molecule has 2 aromatic heterocycles. The zero-order chi connectivity index (χ0) is 16.5. The van der Waals surface area contributed by atoms with Crippen molar-refractivity contribution >= 4 is 22.8 Å². The maximum atomic E-state index is 12.6. The summed E-state index contributed by atoms with van der Waals surface area (Å²) in [7, 11) is 0. The highest BCUT2D eigenvalue weighted by Gasteiger charge is 2.30. The number of amides is 1. The van der Waals surface area contributed by atoms with Gasteiger partial charge in [-0.15, -0.1) is 0 Å². The average molecular weight is 329 g/mol. The quantitative estimate of drug-likeness (QED) is 0.929. The Kier molecular flexibility index (Phi) is 4.08. The summed E-state index contributed by atoms with van der Waals surface area (Å²) in [6, 6.07) is 0.374. The Labute approximate surface area is 140 Å². The Bertz CT molecular complexity index is 738. The molecule has 2 fully saturated rings. The van der Waals surface area contributed by atoms with Crippen molar-refractivity contribution in [3.63, 3.8) is 0 Å². The molecule has 1 N–H and O–H groups in total. The summed E-state index contributed by atoms with van der Waals surface area (Å²) in [6.07, 6.45) is 8.12. The van der Waals surface area contributed by atoms with E-state index < -0.39 is 0 Å². The molecule has 1 atom stereocenters. The van der Waals surface area contributed by atoms with E-state index in [2.05, 4.69) is 25.3 Å². The minimum absolute atomic E-state index is 0.0181. The third-order valence-electron chi connectivity index (χ3n) is 5.22. The SMILES string of the molecule is Cc1noc2ncnc(N3CCC[C@@H](C(=O)NC4CCCC4)C3)c12. The summed E-state index contributed by atoms with van der Waals surface area (Å²) in [5.74, 6) is 1.04. The van der Waals surface area contributed by atoms with Crippen molar-refractivity contribution in [2.24, 2.45) is 5.92 Å². The fraction of sp³-hybridized carbons (Fsp3) is 0.647. The van der Waals surface area contributed by atoms with Crippen molar-refractivity contribution in [1.29, 1.82) is 0 Å². The van der Waals surface area contributed by atoms with Crippen molar-refractivity contribution in [1.82, 2.24) is 20.4 Å². The van der Waals surface area contributed by atoms with Crippen LogP contribution in [0.5, 0.6) is 0 Å². The van der Waals surface area contributed by atoms with Crippen molar-refractivity contribution < 1.29 is 9.32 Å². The van der Waals surface area contributed by atoms with Crippen molar-refractivity contribution in [2.75, 3.05) is 18.0 Å². The van der Waals surface area contributed by atoms with Gasteiger partial charge in [-0.1, -0.05) is 18.0 Å². The van der Waals surface area contributed by atoms with Crippen LogP contribution in [0.25, 0.3) is 11.1 Å². The Morgan fingerprint density at radius 2 is 2.08 bits per heavy atom. The van der Waals surface area contributed by atoms with Crippen LogP contribution in [-0.2, 0) is 4.79 Å². The van der Waals surface area contributed by atoms with Gasteiger partial charge in [-0.2, -0.15) is 4.98 Å². The van der Waals surface area contributed by atoms with Gasteiger partial charge < -0.3 is 14.7 Å². The molecule has 7 heteroatoms. The maximum absolute atomic E-state index is 12.6. The van der Waals surface area contributed by atoms with E-state index in [9.17, 15) is 4.79 Å². The molecule has 3 heterocycles. The van der Waals surface area contributed by atoms with Crippen LogP contribution in [-0.4, -0.2) is 40.2 Å². The normalized spacial score (nSPS) is 22.2. The van der Waals surface area contributed by atoms with Gasteiger partial charge in [-0.3, -0.25) is 4.79 Å². The van der Waals surface area contributed by atoms with Crippen LogP contribution in [0.15, 0.2) is 10.9 Å². The Morgan fingerprint density at radius 1 is 1.25 bits per heavy atom. The van der Waals surface area contributed by atoms with Crippen LogP contribution in [0.1, 0.15) is 44.2 Å². The average Bonchev–Trinajstić information content (AvgIpc) is 3.25. The lowest BCUT2D eigenvalue weighted by Crippen LogP contribution is -2.45. The molecule has 7 nitrogen and oxygen atoms in total. The summed E-state index contributed by atoms with van der Waals surface area (Å²) in [4.78, 5) is 23.4. The van der Waals surface area contributed by atoms with E-state index >= 15 is 0 Å². The minimum Gasteiger partial charge on any atom is -0.355 e. The number of carbonyl (C=O) groups excluding carboxylic acids is 1. The molecular weight excluding hydrogens is 306 g/mol. The second kappa shape index (κ2) is 6.37. The van der Waals surface area contributed by atoms with E-state index in [1.165, 1.54) is 19.2 Å². The summed E-state index contributed by atoms with van der Waals surface area (Å²) in [5, 5.41) is 8.08. The molecule has 1 saturated carbocycles. The molecule has 1 aliphatic carbocycles. The Balaban J connectivity index is 1.51. The smallest absolute Gasteiger partial charge is 0.263 e. The van der Waals surface area contributed by atoms with Gasteiger partial charge >= 0.3 is 0 Å². The van der Waals surface area contributed by atoms with Crippen LogP contribution in [0.3, 0.4) is 0 Å². The van der Waals surface area contributed by atoms with Crippen LogP contribution < -0.4 is 10.2 Å². The van der Waals surface area contributed by atoms with Crippen molar-refractivity contribution in [2.45, 2.75) is 51.5 Å². The zero-order valence-electron chi connectivity index (χ0n) is 14.0. The first-order chi connectivity index (χ1) is 11.7. The van der Waals surface area contributed by atoms with Crippen molar-refractivity contribution in [3.05, 3.63) is 12.0 Å². The highest BCUT2D eigenvalue weighted by Crippen LogP contribution is 2.29. The highest BCUT2D eigenvalue weighted by molar-refractivity contribution is 5.88. The zero-order valence-corrected chi connectivity index (χ0v) is 14.0. The first-order valence-corrected chi connectivity index (χ1v) is 8.84. The van der Waals surface area contributed by atoms with E-state index in [1.54, 1.807) is 0 Å². The number of nitrogens with one attached hydrogen (secondary N) is 1. The van der Waals surface area contributed by atoms with E-state index in [0.29, 0.717) is 18.3 Å². The molecule has 1 saturated heterocycles. The maximum Gasteiger partial charge on any atom is 0.263 e. The summed E-state index contributed by atoms with van der Waals surface area (Å²) in [6.45, 7) is 3.48. The molecule has 0 unspecified atom stereocenters. The number of piperidine rings is 1. The minimum atomic E-state index is 0.0181. The summed E-state index contributed by atoms with van der Waals surface area (Å²) in [5.41, 5.74) is 1.30. The van der Waals surface area contributed by atoms with Crippen LogP contribution in [0.4, 0.5) is 5.82 Å². The van der Waals surface area contributed by atoms with Crippen molar-refractivity contribution in [3.8, 4) is 0 Å². The molecule has 4 rings (SSSR count). The summed E-state index contributed by atoms with van der Waals surface area (Å²) < 4.78 is 5.24. The van der Waals surface area contributed by atoms with E-state index in [4.69, 9.17) is 4.52 Å². The van der Waals surface area contributed by atoms with Gasteiger partial charge in [0.05, 0.1) is 11.6 Å². The first-order valence-electron chi connectivity index (χ1n) is 8.84. The fourth-order valence-electron chi connectivity index (χ4n) is 3.92. The van der Waals surface area contributed by atoms with E-state index in [-0.39, 0.29) is 11.8 Å². The number of nitrogens with zero attached hydrogens (tertiary/aromatic N) is 4. The number of hydrogen-bond acceptors (Lipinski definition) is 6. The largest absolute Gasteiger partial charge is 0.355 e. The monoisotopic (exact) mass is 329 g/mol. The van der Waals surface area contributed by atoms with Crippen LogP contribution in [0, 0.1) is 12.8 Å². The molecule has 1 aliphatic heterocycles. The first kappa shape index (κ1) is 15.4. The second-order valence-electron chi connectivity index (χ2n) is 6.92. The molecule has 1 amide bonds. The molecule has 2 aliphatic rings. The van der Waals surface area contributed by atoms with Crippen LogP contribution in [0.2, 0.25) is 0 Å². The summed E-state index contributed by atoms with van der Waals surface area (Å²) >= 11 is 0. The van der Waals surface area contributed by atoms with E-state index in [1.807, 2.05) is 6.92 Å². The lowest BCUT2D eigenvalue weighted by molar-refractivity contribution is -0.125. The Hall–Kier alpha value is -2.18. The third-order valence-corrected chi connectivity index (χ3v) is 5.22. The van der Waals surface area contributed by atoms with Gasteiger partial charge in [-0.25, -0.2) is 4.98 Å². The molecule has 0 radical (unpaired) electrons. The van der Waals surface area contributed by atoms with Gasteiger partial charge in [0.25, 0.3) is 5.71 Å². The number of fused-ring (bicyclic) bond motifs is 1. The standard InChI is InChI=1S/C17H23N5O2/c1-11-14-15(18-10-19-17(14)24-21-11)22-8-4-5-12(9-22)16(23)20-13-6-2-3-7-13/h10,12-13H,2-9H2,1H3,(H,20,23)/t12-/m1/s1. The fourth-order valence-corrected chi connectivity index (χ4v) is 3.92. The van der Waals surface area contributed by atoms with Gasteiger partial charge in [0.2, 0.25) is 5.91 Å². The molecule has 2 aromatic rings. The van der Waals surface area contributed by atoms with Gasteiger partial charge in [0.1, 0.15) is 17.5 Å². The highest BCUT2D eigenvalue weighted by atomic mass is 16.5. The number of aromatic nitrogens is 3. The molecule has 128 valence electrons. The predicted molar refractivity (Wildman–Crippen MR) is 89.7 cm³/mol. The van der Waals surface area contributed by atoms with Gasteiger partial charge in [-0.05, 0) is 32.6 Å². The number of anilines is 1. The number of hydrogen-bond donors (Lipinski definition) is 1. The topological polar surface area (TPSA) is 84.2 Å². The lowest BCUT2D eigenvalue weighted by atomic mass is 9.96. The Morgan fingerprint density at radius 3 is 2.92 bits per heavy atom. The molecule has 0 spiro atoms. The molecule has 24 heavy (non-hydrogen) atoms. The number of carbonyl (C=O) groups is 1. The predicted octanol–water partition coefficient (Wildman–Crippen LogP) is 2.20. The van der Waals surface area contributed by atoms with Gasteiger partial charge in [0.15, 0.2) is 0 Å². The molecular formula is C17H23N5O2. The van der Waals surface area contributed by atoms with E-state index in [0.717, 1.165) is 49.1 Å². The number of rotatable bonds is 3. The number of aryl methyl sites for hydroxylation is 1. The molecule has 0 bridgehead atoms. The third kappa shape index (κ3) is 2.83. The van der Waals surface area contributed by atoms with Crippen LogP contribution >= 0.6 is 0 Å². The second-order valence-corrected chi connectivity index (χ2v) is 6.92.